The van der Waals surface area contributed by atoms with Gasteiger partial charge in [-0.25, -0.2) is 9.98 Å². The van der Waals surface area contributed by atoms with E-state index in [1.165, 1.54) is 6.20 Å². The van der Waals surface area contributed by atoms with Crippen LogP contribution >= 0.6 is 0 Å². The van der Waals surface area contributed by atoms with Crippen LogP contribution in [0, 0.1) is 0 Å². The molecule has 0 amide bonds. The predicted octanol–water partition coefficient (Wildman–Crippen LogP) is 3.74. The smallest absolute Gasteiger partial charge is 0.422 e. The van der Waals surface area contributed by atoms with E-state index in [-0.39, 0.29) is 24.5 Å². The molecule has 0 unspecified atom stereocenters. The van der Waals surface area contributed by atoms with Gasteiger partial charge in [0, 0.05) is 17.4 Å². The second-order valence-corrected chi connectivity index (χ2v) is 5.89. The van der Waals surface area contributed by atoms with Crippen molar-refractivity contribution in [1.82, 2.24) is 4.98 Å². The van der Waals surface area contributed by atoms with E-state index in [2.05, 4.69) is 15.3 Å². The summed E-state index contributed by atoms with van der Waals surface area (Å²) in [5.74, 6) is 0.715. The van der Waals surface area contributed by atoms with Gasteiger partial charge in [-0.3, -0.25) is 0 Å². The molecule has 0 fully saturated rings. The van der Waals surface area contributed by atoms with Crippen molar-refractivity contribution in [2.75, 3.05) is 11.9 Å². The molecule has 0 radical (unpaired) electrons. The number of alkyl halides is 3. The Morgan fingerprint density at radius 3 is 2.56 bits per heavy atom. The standard InChI is InChI=1S/C18H21F3N4O2/c1-12(2)27-15-7-5-14(6-8-15)25-17(22)24-10-13-4-3-9-23-16(13)26-11-18(19,20)21/h3-9,12H,10-11H2,1-2H3,(H3,22,24,25). The number of hydrogen-bond acceptors (Lipinski definition) is 4. The monoisotopic (exact) mass is 382 g/mol. The molecule has 1 aromatic carbocycles. The Bertz CT molecular complexity index is 762. The minimum absolute atomic E-state index is 0.0222. The Hall–Kier alpha value is -2.97. The number of pyridine rings is 1. The number of guanidine groups is 1. The van der Waals surface area contributed by atoms with Gasteiger partial charge in [0.15, 0.2) is 12.6 Å². The predicted molar refractivity (Wildman–Crippen MR) is 96.9 cm³/mol. The molecule has 2 aromatic rings. The number of aliphatic imine (C=N–C) groups is 1. The number of rotatable bonds is 7. The minimum Gasteiger partial charge on any atom is -0.491 e. The van der Waals surface area contributed by atoms with Crippen molar-refractivity contribution in [3.63, 3.8) is 0 Å². The molecule has 0 spiro atoms. The van der Waals surface area contributed by atoms with E-state index in [1.54, 1.807) is 36.4 Å². The summed E-state index contributed by atoms with van der Waals surface area (Å²) in [6.07, 6.45) is -3.02. The van der Waals surface area contributed by atoms with Gasteiger partial charge in [-0.1, -0.05) is 6.07 Å². The number of nitrogens with two attached hydrogens (primary N) is 1. The summed E-state index contributed by atoms with van der Waals surface area (Å²) in [7, 11) is 0. The first-order valence-corrected chi connectivity index (χ1v) is 8.20. The van der Waals surface area contributed by atoms with Crippen LogP contribution in [0.2, 0.25) is 0 Å². The first-order valence-electron chi connectivity index (χ1n) is 8.20. The summed E-state index contributed by atoms with van der Waals surface area (Å²) in [6.45, 7) is 2.47. The van der Waals surface area contributed by atoms with Gasteiger partial charge in [-0.2, -0.15) is 13.2 Å². The second-order valence-electron chi connectivity index (χ2n) is 5.89. The molecule has 0 aliphatic heterocycles. The lowest BCUT2D eigenvalue weighted by molar-refractivity contribution is -0.154. The number of hydrogen-bond donors (Lipinski definition) is 2. The number of nitrogens with zero attached hydrogens (tertiary/aromatic N) is 2. The largest absolute Gasteiger partial charge is 0.491 e. The molecule has 27 heavy (non-hydrogen) atoms. The van der Waals surface area contributed by atoms with Gasteiger partial charge in [0.1, 0.15) is 5.75 Å². The third kappa shape index (κ3) is 7.43. The van der Waals surface area contributed by atoms with E-state index in [1.807, 2.05) is 13.8 Å². The Kier molecular flexibility index (Phi) is 6.86. The van der Waals surface area contributed by atoms with E-state index in [9.17, 15) is 13.2 Å². The van der Waals surface area contributed by atoms with E-state index in [4.69, 9.17) is 15.2 Å². The number of benzene rings is 1. The lowest BCUT2D eigenvalue weighted by atomic mass is 10.3. The average molecular weight is 382 g/mol. The first-order chi connectivity index (χ1) is 12.7. The van der Waals surface area contributed by atoms with Crippen molar-refractivity contribution in [1.29, 1.82) is 0 Å². The Balaban J connectivity index is 1.97. The van der Waals surface area contributed by atoms with Crippen LogP contribution in [0.1, 0.15) is 19.4 Å². The van der Waals surface area contributed by atoms with Crippen LogP contribution in [0.4, 0.5) is 18.9 Å². The van der Waals surface area contributed by atoms with Gasteiger partial charge in [-0.05, 0) is 44.2 Å². The fraction of sp³-hybridized carbons (Fsp3) is 0.333. The Labute approximate surface area is 155 Å². The molecule has 0 aliphatic carbocycles. The number of halogens is 3. The maximum absolute atomic E-state index is 12.3. The fourth-order valence-corrected chi connectivity index (χ4v) is 2.07. The number of anilines is 1. The highest BCUT2D eigenvalue weighted by molar-refractivity contribution is 5.92. The van der Waals surface area contributed by atoms with Gasteiger partial charge >= 0.3 is 6.18 Å². The molecule has 9 heteroatoms. The van der Waals surface area contributed by atoms with Crippen LogP contribution in [-0.2, 0) is 6.54 Å². The minimum atomic E-state index is -4.44. The van der Waals surface area contributed by atoms with E-state index in [0.717, 1.165) is 5.75 Å². The van der Waals surface area contributed by atoms with E-state index in [0.29, 0.717) is 11.3 Å². The van der Waals surface area contributed by atoms with Crippen molar-refractivity contribution in [2.24, 2.45) is 10.7 Å². The maximum atomic E-state index is 12.3. The molecule has 2 rings (SSSR count). The molecule has 1 heterocycles. The highest BCUT2D eigenvalue weighted by Gasteiger charge is 2.29. The Morgan fingerprint density at radius 2 is 1.93 bits per heavy atom. The molecule has 0 bridgehead atoms. The molecular weight excluding hydrogens is 361 g/mol. The highest BCUT2D eigenvalue weighted by atomic mass is 19.4. The van der Waals surface area contributed by atoms with Crippen LogP contribution in [0.3, 0.4) is 0 Å². The molecule has 6 nitrogen and oxygen atoms in total. The fourth-order valence-electron chi connectivity index (χ4n) is 2.07. The third-order valence-corrected chi connectivity index (χ3v) is 3.14. The van der Waals surface area contributed by atoms with Crippen molar-refractivity contribution >= 4 is 11.6 Å². The molecule has 0 saturated heterocycles. The van der Waals surface area contributed by atoms with Crippen LogP contribution < -0.4 is 20.5 Å². The van der Waals surface area contributed by atoms with Gasteiger partial charge in [-0.15, -0.1) is 0 Å². The lowest BCUT2D eigenvalue weighted by Crippen LogP contribution is -2.23. The molecular formula is C18H21F3N4O2. The quantitative estimate of drug-likeness (QED) is 0.563. The van der Waals surface area contributed by atoms with Gasteiger partial charge in [0.05, 0.1) is 12.6 Å². The van der Waals surface area contributed by atoms with Crippen LogP contribution in [0.5, 0.6) is 11.6 Å². The van der Waals surface area contributed by atoms with Crippen LogP contribution in [0.15, 0.2) is 47.6 Å². The zero-order valence-electron chi connectivity index (χ0n) is 15.0. The SMILES string of the molecule is CC(C)Oc1ccc(NC(N)=NCc2cccnc2OCC(F)(F)F)cc1. The number of ether oxygens (including phenoxy) is 2. The van der Waals surface area contributed by atoms with Gasteiger partial charge < -0.3 is 20.5 Å². The lowest BCUT2D eigenvalue weighted by Gasteiger charge is -2.12. The normalized spacial score (nSPS) is 12.1. The van der Waals surface area contributed by atoms with Gasteiger partial charge in [0.2, 0.25) is 5.88 Å². The number of aromatic nitrogens is 1. The van der Waals surface area contributed by atoms with Crippen LogP contribution in [0.25, 0.3) is 0 Å². The van der Waals surface area contributed by atoms with Crippen molar-refractivity contribution in [2.45, 2.75) is 32.7 Å². The average Bonchev–Trinajstić information content (AvgIpc) is 2.59. The second kappa shape index (κ2) is 9.11. The summed E-state index contributed by atoms with van der Waals surface area (Å²) in [4.78, 5) is 7.93. The zero-order valence-corrected chi connectivity index (χ0v) is 15.0. The summed E-state index contributed by atoms with van der Waals surface area (Å²) in [6, 6.07) is 10.3. The Morgan fingerprint density at radius 1 is 1.22 bits per heavy atom. The van der Waals surface area contributed by atoms with Crippen molar-refractivity contribution in [3.8, 4) is 11.6 Å². The van der Waals surface area contributed by atoms with Crippen molar-refractivity contribution < 1.29 is 22.6 Å². The summed E-state index contributed by atoms with van der Waals surface area (Å²) >= 11 is 0. The zero-order chi connectivity index (χ0) is 19.9. The molecule has 3 N–H and O–H groups in total. The van der Waals surface area contributed by atoms with E-state index >= 15 is 0 Å². The molecule has 0 saturated carbocycles. The summed E-state index contributed by atoms with van der Waals surface area (Å²) in [5.41, 5.74) is 6.93. The topological polar surface area (TPSA) is 81.8 Å². The molecule has 146 valence electrons. The molecule has 0 atom stereocenters. The van der Waals surface area contributed by atoms with Crippen molar-refractivity contribution in [3.05, 3.63) is 48.2 Å². The summed E-state index contributed by atoms with van der Waals surface area (Å²) < 4.78 is 47.2. The highest BCUT2D eigenvalue weighted by Crippen LogP contribution is 2.21. The van der Waals surface area contributed by atoms with E-state index < -0.39 is 12.8 Å². The third-order valence-electron chi connectivity index (χ3n) is 3.14. The van der Waals surface area contributed by atoms with Gasteiger partial charge in [0.25, 0.3) is 0 Å². The first kappa shape index (κ1) is 20.3. The molecule has 0 aliphatic rings. The maximum Gasteiger partial charge on any atom is 0.422 e. The van der Waals surface area contributed by atoms with Crippen LogP contribution in [-0.4, -0.2) is 29.8 Å². The summed E-state index contributed by atoms with van der Waals surface area (Å²) in [5, 5.41) is 2.90. The molecule has 1 aromatic heterocycles. The number of nitrogens with one attached hydrogen (secondary N) is 1.